The van der Waals surface area contributed by atoms with Crippen molar-refractivity contribution in [3.05, 3.63) is 30.1 Å². The maximum absolute atomic E-state index is 13.2. The summed E-state index contributed by atoms with van der Waals surface area (Å²) in [5.41, 5.74) is 0. The van der Waals surface area contributed by atoms with Gasteiger partial charge in [-0.05, 0) is 18.6 Å². The second-order valence-corrected chi connectivity index (χ2v) is 7.40. The van der Waals surface area contributed by atoms with Gasteiger partial charge in [-0.25, -0.2) is 17.5 Å². The van der Waals surface area contributed by atoms with Crippen molar-refractivity contribution < 1.29 is 27.1 Å². The number of nitrogens with one attached hydrogen (secondary N) is 2. The van der Waals surface area contributed by atoms with E-state index in [1.54, 1.807) is 12.1 Å². The van der Waals surface area contributed by atoms with Crippen molar-refractivity contribution in [2.45, 2.75) is 25.0 Å². The van der Waals surface area contributed by atoms with Crippen LogP contribution >= 0.6 is 0 Å². The zero-order chi connectivity index (χ0) is 17.6. The van der Waals surface area contributed by atoms with Gasteiger partial charge in [0.2, 0.25) is 15.9 Å². The van der Waals surface area contributed by atoms with Crippen LogP contribution in [0.1, 0.15) is 12.8 Å². The fourth-order valence-corrected chi connectivity index (χ4v) is 2.81. The van der Waals surface area contributed by atoms with Crippen LogP contribution in [-0.4, -0.2) is 52.5 Å². The Kier molecular flexibility index (Phi) is 6.52. The van der Waals surface area contributed by atoms with Gasteiger partial charge in [0.25, 0.3) is 0 Å². The van der Waals surface area contributed by atoms with Gasteiger partial charge in [0, 0.05) is 25.6 Å². The van der Waals surface area contributed by atoms with E-state index in [1.165, 1.54) is 12.1 Å². The number of sulfonamides is 1. The molecule has 1 heterocycles. The Hall–Kier alpha value is -1.71. The van der Waals surface area contributed by atoms with Crippen molar-refractivity contribution in [2.24, 2.45) is 0 Å². The first-order chi connectivity index (χ1) is 11.3. The van der Waals surface area contributed by atoms with Crippen molar-refractivity contribution in [1.82, 2.24) is 10.0 Å². The number of amides is 1. The lowest BCUT2D eigenvalue weighted by molar-refractivity contribution is -0.123. The highest BCUT2D eigenvalue weighted by atomic mass is 32.2. The summed E-state index contributed by atoms with van der Waals surface area (Å²) in [7, 11) is -3.32. The van der Waals surface area contributed by atoms with E-state index in [9.17, 15) is 17.6 Å². The van der Waals surface area contributed by atoms with Gasteiger partial charge in [-0.1, -0.05) is 6.07 Å². The lowest BCUT2D eigenvalue weighted by Crippen LogP contribution is -2.51. The lowest BCUT2D eigenvalue weighted by atomic mass is 10.1. The molecule has 0 spiro atoms. The van der Waals surface area contributed by atoms with Crippen LogP contribution in [0.25, 0.3) is 0 Å². The van der Waals surface area contributed by atoms with Crippen molar-refractivity contribution >= 4 is 15.9 Å². The summed E-state index contributed by atoms with van der Waals surface area (Å²) in [5, 5.41) is 2.82. The molecular formula is C15H21FN2O5S. The topological polar surface area (TPSA) is 93.7 Å². The third-order valence-electron chi connectivity index (χ3n) is 3.45. The monoisotopic (exact) mass is 360 g/mol. The van der Waals surface area contributed by atoms with Gasteiger partial charge in [-0.3, -0.25) is 4.79 Å². The Morgan fingerprint density at radius 2 is 2.25 bits per heavy atom. The smallest absolute Gasteiger partial charge is 0.221 e. The number of benzene rings is 1. The average molecular weight is 360 g/mol. The van der Waals surface area contributed by atoms with E-state index in [0.717, 1.165) is 6.26 Å². The Balaban J connectivity index is 1.88. The number of ether oxygens (including phenoxy) is 2. The molecule has 0 saturated carbocycles. The van der Waals surface area contributed by atoms with Crippen LogP contribution in [0.3, 0.4) is 0 Å². The van der Waals surface area contributed by atoms with Gasteiger partial charge < -0.3 is 14.8 Å². The minimum atomic E-state index is -3.32. The van der Waals surface area contributed by atoms with E-state index < -0.39 is 21.9 Å². The second kappa shape index (κ2) is 8.41. The molecule has 134 valence electrons. The van der Waals surface area contributed by atoms with Crippen molar-refractivity contribution in [2.75, 3.05) is 26.0 Å². The van der Waals surface area contributed by atoms with Gasteiger partial charge in [0.05, 0.1) is 18.9 Å². The summed E-state index contributed by atoms with van der Waals surface area (Å²) in [6.45, 7) is 0.794. The summed E-state index contributed by atoms with van der Waals surface area (Å²) >= 11 is 0. The Labute approximate surface area is 140 Å². The molecule has 1 aliphatic heterocycles. The Bertz CT molecular complexity index is 668. The molecule has 1 fully saturated rings. The zero-order valence-electron chi connectivity index (χ0n) is 13.3. The zero-order valence-corrected chi connectivity index (χ0v) is 14.1. The number of carbonyl (C=O) groups excluding carboxylic acids is 1. The van der Waals surface area contributed by atoms with Gasteiger partial charge >= 0.3 is 0 Å². The first kappa shape index (κ1) is 18.6. The second-order valence-electron chi connectivity index (χ2n) is 5.57. The first-order valence-corrected chi connectivity index (χ1v) is 9.46. The maximum atomic E-state index is 13.2. The number of rotatable bonds is 7. The minimum absolute atomic E-state index is 0.0249. The molecule has 24 heavy (non-hydrogen) atoms. The maximum Gasteiger partial charge on any atom is 0.221 e. The fourth-order valence-electron chi connectivity index (χ4n) is 2.34. The summed E-state index contributed by atoms with van der Waals surface area (Å²) in [5.74, 6) is -0.328. The van der Waals surface area contributed by atoms with E-state index in [2.05, 4.69) is 10.0 Å². The first-order valence-electron chi connectivity index (χ1n) is 7.57. The predicted molar refractivity (Wildman–Crippen MR) is 85.6 cm³/mol. The molecule has 0 aliphatic carbocycles. The van der Waals surface area contributed by atoms with E-state index in [4.69, 9.17) is 9.47 Å². The van der Waals surface area contributed by atoms with Crippen molar-refractivity contribution in [3.8, 4) is 5.75 Å². The van der Waals surface area contributed by atoms with E-state index in [0.29, 0.717) is 18.8 Å². The van der Waals surface area contributed by atoms with Gasteiger partial charge in [0.15, 0.2) is 0 Å². The van der Waals surface area contributed by atoms with Crippen LogP contribution in [0.4, 0.5) is 4.39 Å². The summed E-state index contributed by atoms with van der Waals surface area (Å²) in [6, 6.07) is 5.47. The third-order valence-corrected chi connectivity index (χ3v) is 4.18. The molecular weight excluding hydrogens is 339 g/mol. The van der Waals surface area contributed by atoms with E-state index >= 15 is 0 Å². The van der Waals surface area contributed by atoms with Crippen LogP contribution in [0, 0.1) is 5.82 Å². The molecule has 2 rings (SSSR count). The standard InChI is InChI=1S/C15H21FN2O5S/c1-24(20,21)17-7-5-15(19)18-13-6-8-22-10-14(13)23-12-4-2-3-11(16)9-12/h2-4,9,13-14,17H,5-8,10H2,1H3,(H,18,19)/t13-,14-/m1/s1. The van der Waals surface area contributed by atoms with Gasteiger partial charge in [-0.15, -0.1) is 0 Å². The summed E-state index contributed by atoms with van der Waals surface area (Å²) < 4.78 is 48.5. The molecule has 0 aromatic heterocycles. The molecule has 1 saturated heterocycles. The molecule has 2 N–H and O–H groups in total. The highest BCUT2D eigenvalue weighted by Gasteiger charge is 2.29. The van der Waals surface area contributed by atoms with Crippen LogP contribution in [-0.2, 0) is 19.6 Å². The summed E-state index contributed by atoms with van der Waals surface area (Å²) in [4.78, 5) is 11.9. The Morgan fingerprint density at radius 3 is 2.96 bits per heavy atom. The molecule has 1 aromatic carbocycles. The normalized spacial score (nSPS) is 21.2. The van der Waals surface area contributed by atoms with Crippen LogP contribution in [0.5, 0.6) is 5.75 Å². The van der Waals surface area contributed by atoms with E-state index in [-0.39, 0.29) is 31.5 Å². The number of carbonyl (C=O) groups is 1. The van der Waals surface area contributed by atoms with Crippen molar-refractivity contribution in [1.29, 1.82) is 0 Å². The Morgan fingerprint density at radius 1 is 1.46 bits per heavy atom. The SMILES string of the molecule is CS(=O)(=O)NCCC(=O)N[C@@H]1CCOC[C@H]1Oc1cccc(F)c1. The molecule has 1 amide bonds. The molecule has 9 heteroatoms. The molecule has 0 bridgehead atoms. The quantitative estimate of drug-likeness (QED) is 0.735. The molecule has 1 aliphatic rings. The van der Waals surface area contributed by atoms with Gasteiger partial charge in [-0.2, -0.15) is 0 Å². The number of hydrogen-bond acceptors (Lipinski definition) is 5. The third kappa shape index (κ3) is 6.42. The lowest BCUT2D eigenvalue weighted by Gasteiger charge is -2.32. The molecule has 1 aromatic rings. The fraction of sp³-hybridized carbons (Fsp3) is 0.533. The predicted octanol–water partition coefficient (Wildman–Crippen LogP) is 0.418. The van der Waals surface area contributed by atoms with Crippen LogP contribution < -0.4 is 14.8 Å². The number of hydrogen-bond donors (Lipinski definition) is 2. The molecule has 0 unspecified atom stereocenters. The largest absolute Gasteiger partial charge is 0.486 e. The minimum Gasteiger partial charge on any atom is -0.486 e. The molecule has 2 atom stereocenters. The molecule has 0 radical (unpaired) electrons. The molecule has 7 nitrogen and oxygen atoms in total. The van der Waals surface area contributed by atoms with Gasteiger partial charge in [0.1, 0.15) is 17.7 Å². The highest BCUT2D eigenvalue weighted by molar-refractivity contribution is 7.88. The van der Waals surface area contributed by atoms with E-state index in [1.807, 2.05) is 0 Å². The number of halogens is 1. The van der Waals surface area contributed by atoms with Crippen LogP contribution in [0.15, 0.2) is 24.3 Å². The average Bonchev–Trinajstić information content (AvgIpc) is 2.48. The highest BCUT2D eigenvalue weighted by Crippen LogP contribution is 2.18. The van der Waals surface area contributed by atoms with Crippen molar-refractivity contribution in [3.63, 3.8) is 0 Å². The van der Waals surface area contributed by atoms with Crippen LogP contribution in [0.2, 0.25) is 0 Å². The summed E-state index contributed by atoms with van der Waals surface area (Å²) in [6.07, 6.45) is 1.18.